The van der Waals surface area contributed by atoms with Crippen LogP contribution in [0.5, 0.6) is 0 Å². The molecule has 0 aliphatic rings. The van der Waals surface area contributed by atoms with Crippen LogP contribution < -0.4 is 10.9 Å². The van der Waals surface area contributed by atoms with E-state index >= 15 is 0 Å². The van der Waals surface area contributed by atoms with Gasteiger partial charge in [0.2, 0.25) is 0 Å². The molecule has 1 aromatic heterocycles. The number of aromatic nitrogens is 2. The molecule has 2 N–H and O–H groups in total. The van der Waals surface area contributed by atoms with Gasteiger partial charge >= 0.3 is 0 Å². The molecule has 20 heavy (non-hydrogen) atoms. The van der Waals surface area contributed by atoms with Crippen LogP contribution in [0.2, 0.25) is 0 Å². The summed E-state index contributed by atoms with van der Waals surface area (Å²) in [5, 5.41) is 16.7. The molecular formula is C13H21N3O3S. The minimum atomic E-state index is -1.00. The smallest absolute Gasteiger partial charge is 0.279 e. The quantitative estimate of drug-likeness (QED) is 0.814. The molecule has 7 heteroatoms. The highest BCUT2D eigenvalue weighted by Crippen LogP contribution is 2.10. The fraction of sp³-hybridized carbons (Fsp3) is 0.615. The van der Waals surface area contributed by atoms with Crippen LogP contribution in [0.25, 0.3) is 0 Å². The number of aliphatic hydroxyl groups is 1. The summed E-state index contributed by atoms with van der Waals surface area (Å²) < 4.78 is 1.15. The first-order chi connectivity index (χ1) is 9.19. The van der Waals surface area contributed by atoms with Crippen LogP contribution in [0.3, 0.4) is 0 Å². The van der Waals surface area contributed by atoms with Crippen LogP contribution in [0.1, 0.15) is 28.5 Å². The summed E-state index contributed by atoms with van der Waals surface area (Å²) >= 11 is 1.49. The molecule has 1 heterocycles. The van der Waals surface area contributed by atoms with Crippen LogP contribution in [0.4, 0.5) is 0 Å². The molecule has 0 aromatic carbocycles. The van der Waals surface area contributed by atoms with Gasteiger partial charge < -0.3 is 10.4 Å². The predicted molar refractivity (Wildman–Crippen MR) is 80.3 cm³/mol. The van der Waals surface area contributed by atoms with Crippen molar-refractivity contribution >= 4 is 17.7 Å². The summed E-state index contributed by atoms with van der Waals surface area (Å²) in [4.78, 5) is 24.2. The zero-order chi connectivity index (χ0) is 15.5. The minimum absolute atomic E-state index is 0.0833. The Labute approximate surface area is 122 Å². The van der Waals surface area contributed by atoms with Crippen LogP contribution in [0.15, 0.2) is 4.79 Å². The van der Waals surface area contributed by atoms with E-state index in [2.05, 4.69) is 10.4 Å². The molecule has 0 fully saturated rings. The van der Waals surface area contributed by atoms with Gasteiger partial charge in [-0.3, -0.25) is 9.59 Å². The number of carbonyl (C=O) groups is 1. The van der Waals surface area contributed by atoms with Gasteiger partial charge in [-0.15, -0.1) is 0 Å². The van der Waals surface area contributed by atoms with Crippen molar-refractivity contribution in [3.05, 3.63) is 27.2 Å². The molecule has 0 saturated carbocycles. The van der Waals surface area contributed by atoms with Crippen LogP contribution in [0, 0.1) is 13.8 Å². The molecule has 0 saturated heterocycles. The maximum absolute atomic E-state index is 12.2. The molecule has 0 aliphatic heterocycles. The fourth-order valence-corrected chi connectivity index (χ4v) is 2.56. The molecule has 1 unspecified atom stereocenters. The molecule has 112 valence electrons. The third kappa shape index (κ3) is 3.83. The van der Waals surface area contributed by atoms with Gasteiger partial charge in [-0.25, -0.2) is 4.68 Å². The van der Waals surface area contributed by atoms with Crippen molar-refractivity contribution in [2.75, 3.05) is 18.6 Å². The van der Waals surface area contributed by atoms with E-state index in [0.29, 0.717) is 17.0 Å². The first kappa shape index (κ1) is 16.7. The van der Waals surface area contributed by atoms with E-state index in [1.165, 1.54) is 18.8 Å². The Morgan fingerprint density at radius 2 is 2.10 bits per heavy atom. The number of nitrogens with one attached hydrogen (secondary N) is 1. The standard InChI is InChI=1S/C13H21N3O3S/c1-8-9(2)15-16(4)12(18)10(8)11(17)14-6-13(3,19)7-20-5/h19H,6-7H2,1-5H3,(H,14,17). The summed E-state index contributed by atoms with van der Waals surface area (Å²) in [6.07, 6.45) is 1.88. The Bertz CT molecular complexity index is 567. The van der Waals surface area contributed by atoms with Crippen LogP contribution >= 0.6 is 11.8 Å². The van der Waals surface area contributed by atoms with E-state index in [4.69, 9.17) is 0 Å². The summed E-state index contributed by atoms with van der Waals surface area (Å²) in [5.74, 6) is 0.0228. The molecule has 1 rings (SSSR count). The van der Waals surface area contributed by atoms with Gasteiger partial charge in [0.25, 0.3) is 11.5 Å². The number of rotatable bonds is 5. The second kappa shape index (κ2) is 6.41. The Morgan fingerprint density at radius 1 is 1.50 bits per heavy atom. The number of aryl methyl sites for hydroxylation is 2. The molecule has 1 atom stereocenters. The Balaban J connectivity index is 2.97. The molecule has 1 amide bonds. The molecule has 0 bridgehead atoms. The number of hydrogen-bond acceptors (Lipinski definition) is 5. The maximum Gasteiger partial charge on any atom is 0.279 e. The lowest BCUT2D eigenvalue weighted by atomic mass is 10.1. The van der Waals surface area contributed by atoms with Gasteiger partial charge in [0.15, 0.2) is 0 Å². The van der Waals surface area contributed by atoms with E-state index in [1.54, 1.807) is 20.8 Å². The van der Waals surface area contributed by atoms with Crippen molar-refractivity contribution in [2.24, 2.45) is 7.05 Å². The van der Waals surface area contributed by atoms with Crippen LogP contribution in [-0.4, -0.2) is 44.9 Å². The van der Waals surface area contributed by atoms with E-state index in [-0.39, 0.29) is 12.1 Å². The van der Waals surface area contributed by atoms with E-state index in [1.807, 2.05) is 6.26 Å². The Kier molecular flexibility index (Phi) is 5.35. The zero-order valence-corrected chi connectivity index (χ0v) is 13.3. The average molecular weight is 299 g/mol. The minimum Gasteiger partial charge on any atom is -0.387 e. The van der Waals surface area contributed by atoms with Gasteiger partial charge in [0, 0.05) is 19.3 Å². The number of amides is 1. The van der Waals surface area contributed by atoms with Crippen molar-refractivity contribution in [1.29, 1.82) is 0 Å². The summed E-state index contributed by atoms with van der Waals surface area (Å²) in [6, 6.07) is 0. The monoisotopic (exact) mass is 299 g/mol. The topological polar surface area (TPSA) is 84.2 Å². The lowest BCUT2D eigenvalue weighted by Gasteiger charge is -2.22. The third-order valence-corrected chi connectivity index (χ3v) is 3.95. The number of hydrogen-bond donors (Lipinski definition) is 2. The lowest BCUT2D eigenvalue weighted by Crippen LogP contribution is -2.44. The lowest BCUT2D eigenvalue weighted by molar-refractivity contribution is 0.0723. The highest BCUT2D eigenvalue weighted by atomic mass is 32.2. The number of nitrogens with zero attached hydrogens (tertiary/aromatic N) is 2. The van der Waals surface area contributed by atoms with Gasteiger partial charge in [-0.05, 0) is 32.6 Å². The average Bonchev–Trinajstić information content (AvgIpc) is 2.34. The molecular weight excluding hydrogens is 278 g/mol. The first-order valence-corrected chi connectivity index (χ1v) is 7.63. The Hall–Kier alpha value is -1.34. The van der Waals surface area contributed by atoms with Gasteiger partial charge in [0.1, 0.15) is 5.56 Å². The first-order valence-electron chi connectivity index (χ1n) is 6.23. The van der Waals surface area contributed by atoms with Crippen molar-refractivity contribution in [3.8, 4) is 0 Å². The fourth-order valence-electron chi connectivity index (χ4n) is 1.84. The van der Waals surface area contributed by atoms with Crippen LogP contribution in [-0.2, 0) is 7.05 Å². The third-order valence-electron chi connectivity index (χ3n) is 3.04. The summed E-state index contributed by atoms with van der Waals surface area (Å²) in [7, 11) is 1.51. The van der Waals surface area contributed by atoms with E-state index in [0.717, 1.165) is 4.68 Å². The molecule has 0 aliphatic carbocycles. The van der Waals surface area contributed by atoms with Crippen molar-refractivity contribution in [3.63, 3.8) is 0 Å². The largest absolute Gasteiger partial charge is 0.387 e. The second-order valence-corrected chi connectivity index (χ2v) is 5.99. The normalized spacial score (nSPS) is 13.9. The van der Waals surface area contributed by atoms with Gasteiger partial charge in [-0.1, -0.05) is 0 Å². The highest BCUT2D eigenvalue weighted by Gasteiger charge is 2.23. The molecule has 1 aromatic rings. The van der Waals surface area contributed by atoms with Crippen molar-refractivity contribution in [1.82, 2.24) is 15.1 Å². The molecule has 0 radical (unpaired) electrons. The predicted octanol–water partition coefficient (Wildman–Crippen LogP) is 0.241. The zero-order valence-electron chi connectivity index (χ0n) is 12.5. The molecule has 0 spiro atoms. The van der Waals surface area contributed by atoms with Crippen molar-refractivity contribution < 1.29 is 9.90 Å². The number of thioether (sulfide) groups is 1. The Morgan fingerprint density at radius 3 is 2.65 bits per heavy atom. The maximum atomic E-state index is 12.2. The summed E-state index contributed by atoms with van der Waals surface area (Å²) in [6.45, 7) is 5.18. The second-order valence-electron chi connectivity index (χ2n) is 5.13. The molecule has 6 nitrogen and oxygen atoms in total. The van der Waals surface area contributed by atoms with E-state index < -0.39 is 17.1 Å². The van der Waals surface area contributed by atoms with Gasteiger partial charge in [-0.2, -0.15) is 16.9 Å². The number of carbonyl (C=O) groups excluding carboxylic acids is 1. The summed E-state index contributed by atoms with van der Waals surface area (Å²) in [5.41, 5.74) is -0.158. The van der Waals surface area contributed by atoms with Crippen molar-refractivity contribution in [2.45, 2.75) is 26.4 Å². The van der Waals surface area contributed by atoms with Gasteiger partial charge in [0.05, 0.1) is 11.3 Å². The highest BCUT2D eigenvalue weighted by molar-refractivity contribution is 7.98. The van der Waals surface area contributed by atoms with E-state index in [9.17, 15) is 14.7 Å². The SMILES string of the molecule is CSCC(C)(O)CNC(=O)c1c(C)c(C)nn(C)c1=O.